The molecule has 0 aliphatic heterocycles. The quantitative estimate of drug-likeness (QED) is 0.676. The molecule has 28 heavy (non-hydrogen) atoms. The first-order valence-corrected chi connectivity index (χ1v) is 8.83. The summed E-state index contributed by atoms with van der Waals surface area (Å²) in [6.45, 7) is 1.61. The van der Waals surface area contributed by atoms with Crippen LogP contribution in [0.5, 0.6) is 0 Å². The Kier molecular flexibility index (Phi) is 6.33. The fourth-order valence-corrected chi connectivity index (χ4v) is 2.61. The van der Waals surface area contributed by atoms with Gasteiger partial charge in [-0.05, 0) is 50.0 Å². The van der Waals surface area contributed by atoms with Crippen LogP contribution in [0.3, 0.4) is 0 Å². The second kappa shape index (κ2) is 9.09. The Morgan fingerprint density at radius 2 is 1.93 bits per heavy atom. The minimum Gasteiger partial charge on any atom is -0.423 e. The standard InChI is InChI=1S/C20H22FN5O2/c1-25(2)10-11-26(13-15-6-8-17(21)9-7-15)20(27)23-18-5-3-4-16(12-18)19-24-22-14-28-19/h3-9,12,14H,10-11,13H2,1-2H3,(H,23,27). The molecule has 8 heteroatoms. The second-order valence-electron chi connectivity index (χ2n) is 6.61. The lowest BCUT2D eigenvalue weighted by Crippen LogP contribution is -2.39. The minimum atomic E-state index is -0.300. The average Bonchev–Trinajstić information content (AvgIpc) is 3.21. The molecule has 1 aromatic heterocycles. The van der Waals surface area contributed by atoms with Gasteiger partial charge < -0.3 is 19.5 Å². The molecule has 146 valence electrons. The highest BCUT2D eigenvalue weighted by Crippen LogP contribution is 2.20. The van der Waals surface area contributed by atoms with Crippen molar-refractivity contribution < 1.29 is 13.6 Å². The summed E-state index contributed by atoms with van der Waals surface area (Å²) in [5, 5.41) is 10.4. The number of carbonyl (C=O) groups excluding carboxylic acids is 1. The van der Waals surface area contributed by atoms with Crippen LogP contribution < -0.4 is 5.32 Å². The van der Waals surface area contributed by atoms with Gasteiger partial charge in [0.15, 0.2) is 0 Å². The van der Waals surface area contributed by atoms with Crippen molar-refractivity contribution in [3.8, 4) is 11.5 Å². The van der Waals surface area contributed by atoms with Crippen LogP contribution in [0.15, 0.2) is 59.3 Å². The molecule has 0 aliphatic carbocycles. The molecule has 2 aromatic carbocycles. The van der Waals surface area contributed by atoms with E-state index >= 15 is 0 Å². The number of urea groups is 1. The SMILES string of the molecule is CN(C)CCN(Cc1ccc(F)cc1)C(=O)Nc1cccc(-c2nnco2)c1. The van der Waals surface area contributed by atoms with Gasteiger partial charge >= 0.3 is 6.03 Å². The van der Waals surface area contributed by atoms with Crippen LogP contribution in [0.1, 0.15) is 5.56 Å². The first-order chi connectivity index (χ1) is 13.5. The number of nitrogens with one attached hydrogen (secondary N) is 1. The zero-order chi connectivity index (χ0) is 19.9. The number of halogens is 1. The average molecular weight is 383 g/mol. The molecule has 2 amide bonds. The van der Waals surface area contributed by atoms with Crippen molar-refractivity contribution in [1.29, 1.82) is 0 Å². The van der Waals surface area contributed by atoms with Crippen molar-refractivity contribution >= 4 is 11.7 Å². The number of nitrogens with zero attached hydrogens (tertiary/aromatic N) is 4. The van der Waals surface area contributed by atoms with Crippen molar-refractivity contribution in [2.75, 3.05) is 32.5 Å². The predicted octanol–water partition coefficient (Wildman–Crippen LogP) is 3.47. The maximum Gasteiger partial charge on any atom is 0.322 e. The first-order valence-electron chi connectivity index (χ1n) is 8.83. The van der Waals surface area contributed by atoms with Crippen LogP contribution in [0.4, 0.5) is 14.9 Å². The summed E-state index contributed by atoms with van der Waals surface area (Å²) in [5.41, 5.74) is 2.19. The van der Waals surface area contributed by atoms with Gasteiger partial charge in [-0.1, -0.05) is 18.2 Å². The van der Waals surface area contributed by atoms with Crippen molar-refractivity contribution in [1.82, 2.24) is 20.0 Å². The minimum absolute atomic E-state index is 0.242. The van der Waals surface area contributed by atoms with Gasteiger partial charge in [-0.3, -0.25) is 0 Å². The topological polar surface area (TPSA) is 74.5 Å². The van der Waals surface area contributed by atoms with Gasteiger partial charge in [0.2, 0.25) is 12.3 Å². The number of carbonyl (C=O) groups is 1. The van der Waals surface area contributed by atoms with Crippen molar-refractivity contribution in [2.45, 2.75) is 6.54 Å². The van der Waals surface area contributed by atoms with Gasteiger partial charge in [-0.2, -0.15) is 0 Å². The molecule has 0 bridgehead atoms. The fourth-order valence-electron chi connectivity index (χ4n) is 2.61. The lowest BCUT2D eigenvalue weighted by molar-refractivity contribution is 0.202. The van der Waals surface area contributed by atoms with E-state index in [2.05, 4.69) is 15.5 Å². The van der Waals surface area contributed by atoms with E-state index < -0.39 is 0 Å². The van der Waals surface area contributed by atoms with E-state index in [4.69, 9.17) is 4.42 Å². The molecule has 0 atom stereocenters. The van der Waals surface area contributed by atoms with E-state index in [9.17, 15) is 9.18 Å². The molecular weight excluding hydrogens is 361 g/mol. The highest BCUT2D eigenvalue weighted by molar-refractivity contribution is 5.90. The zero-order valence-corrected chi connectivity index (χ0v) is 15.8. The summed E-state index contributed by atoms with van der Waals surface area (Å²) in [6, 6.07) is 13.1. The summed E-state index contributed by atoms with van der Waals surface area (Å²) in [6.07, 6.45) is 1.26. The highest BCUT2D eigenvalue weighted by Gasteiger charge is 2.15. The number of hydrogen-bond acceptors (Lipinski definition) is 5. The Morgan fingerprint density at radius 1 is 1.14 bits per heavy atom. The van der Waals surface area contributed by atoms with E-state index in [-0.39, 0.29) is 11.8 Å². The number of amides is 2. The number of benzene rings is 2. The van der Waals surface area contributed by atoms with Crippen molar-refractivity contribution in [2.24, 2.45) is 0 Å². The van der Waals surface area contributed by atoms with Crippen molar-refractivity contribution in [3.63, 3.8) is 0 Å². The Hall–Kier alpha value is -3.26. The number of hydrogen-bond donors (Lipinski definition) is 1. The lowest BCUT2D eigenvalue weighted by Gasteiger charge is -2.25. The van der Waals surface area contributed by atoms with Crippen LogP contribution in [0, 0.1) is 5.82 Å². The summed E-state index contributed by atoms with van der Waals surface area (Å²) < 4.78 is 18.4. The van der Waals surface area contributed by atoms with E-state index in [1.807, 2.05) is 25.1 Å². The molecule has 0 unspecified atom stereocenters. The fraction of sp³-hybridized carbons (Fsp3) is 0.250. The van der Waals surface area contributed by atoms with Gasteiger partial charge in [-0.15, -0.1) is 10.2 Å². The Balaban J connectivity index is 1.73. The van der Waals surface area contributed by atoms with E-state index in [0.29, 0.717) is 36.8 Å². The predicted molar refractivity (Wildman–Crippen MR) is 104 cm³/mol. The number of anilines is 1. The van der Waals surface area contributed by atoms with Crippen LogP contribution in [-0.4, -0.2) is 53.2 Å². The van der Waals surface area contributed by atoms with Gasteiger partial charge in [0, 0.05) is 30.9 Å². The molecule has 0 fully saturated rings. The number of aromatic nitrogens is 2. The largest absolute Gasteiger partial charge is 0.423 e. The van der Waals surface area contributed by atoms with Crippen molar-refractivity contribution in [3.05, 3.63) is 66.3 Å². The summed E-state index contributed by atoms with van der Waals surface area (Å²) in [7, 11) is 3.89. The lowest BCUT2D eigenvalue weighted by atomic mass is 10.2. The molecule has 0 saturated heterocycles. The maximum atomic E-state index is 13.2. The Morgan fingerprint density at radius 3 is 2.61 bits per heavy atom. The summed E-state index contributed by atoms with van der Waals surface area (Å²) >= 11 is 0. The molecule has 0 radical (unpaired) electrons. The summed E-state index contributed by atoms with van der Waals surface area (Å²) in [4.78, 5) is 16.6. The van der Waals surface area contributed by atoms with Crippen LogP contribution in [-0.2, 0) is 6.54 Å². The first kappa shape index (κ1) is 19.5. The van der Waals surface area contributed by atoms with Gasteiger partial charge in [-0.25, -0.2) is 9.18 Å². The van der Waals surface area contributed by atoms with Gasteiger partial charge in [0.25, 0.3) is 0 Å². The Bertz CT molecular complexity index is 897. The van der Waals surface area contributed by atoms with Gasteiger partial charge in [0.1, 0.15) is 5.82 Å². The molecule has 3 rings (SSSR count). The van der Waals surface area contributed by atoms with Crippen LogP contribution >= 0.6 is 0 Å². The van der Waals surface area contributed by atoms with E-state index in [1.54, 1.807) is 35.2 Å². The molecule has 1 N–H and O–H groups in total. The normalized spacial score (nSPS) is 10.9. The highest BCUT2D eigenvalue weighted by atomic mass is 19.1. The third-order valence-corrected chi connectivity index (χ3v) is 4.11. The molecule has 0 spiro atoms. The third-order valence-electron chi connectivity index (χ3n) is 4.11. The third kappa shape index (κ3) is 5.37. The Labute approximate surface area is 162 Å². The molecule has 0 saturated carbocycles. The summed E-state index contributed by atoms with van der Waals surface area (Å²) in [5.74, 6) is 0.0813. The number of likely N-dealkylation sites (N-methyl/N-ethyl adjacent to an activating group) is 1. The maximum absolute atomic E-state index is 13.2. The second-order valence-corrected chi connectivity index (χ2v) is 6.61. The van der Waals surface area contributed by atoms with Crippen LogP contribution in [0.2, 0.25) is 0 Å². The molecule has 0 aliphatic rings. The van der Waals surface area contributed by atoms with Gasteiger partial charge in [0.05, 0.1) is 0 Å². The monoisotopic (exact) mass is 383 g/mol. The van der Waals surface area contributed by atoms with Crippen LogP contribution in [0.25, 0.3) is 11.5 Å². The molecule has 7 nitrogen and oxygen atoms in total. The molecule has 1 heterocycles. The molecule has 3 aromatic rings. The smallest absolute Gasteiger partial charge is 0.322 e. The number of rotatable bonds is 7. The zero-order valence-electron chi connectivity index (χ0n) is 15.8. The molecular formula is C20H22FN5O2. The van der Waals surface area contributed by atoms with E-state index in [0.717, 1.165) is 5.56 Å². The van der Waals surface area contributed by atoms with E-state index in [1.165, 1.54) is 18.5 Å².